The van der Waals surface area contributed by atoms with Gasteiger partial charge in [-0.1, -0.05) is 30.7 Å². The van der Waals surface area contributed by atoms with Crippen LogP contribution in [0.2, 0.25) is 0 Å². The minimum absolute atomic E-state index is 0.235. The summed E-state index contributed by atoms with van der Waals surface area (Å²) in [5.74, 6) is 0.551. The first-order valence-electron chi connectivity index (χ1n) is 8.88. The molecule has 136 valence electrons. The van der Waals surface area contributed by atoms with Crippen molar-refractivity contribution in [1.82, 2.24) is 4.57 Å². The van der Waals surface area contributed by atoms with Crippen LogP contribution in [0.15, 0.2) is 41.4 Å². The number of amides is 1. The van der Waals surface area contributed by atoms with Crippen molar-refractivity contribution in [2.45, 2.75) is 33.6 Å². The van der Waals surface area contributed by atoms with Crippen LogP contribution in [0, 0.1) is 13.8 Å². The van der Waals surface area contributed by atoms with Gasteiger partial charge >= 0.3 is 0 Å². The molecule has 0 radical (unpaired) electrons. The topological polar surface area (TPSA) is 43.6 Å². The number of nitrogens with zero attached hydrogens (tertiary/aromatic N) is 2. The summed E-state index contributed by atoms with van der Waals surface area (Å²) >= 11 is 1.54. The summed E-state index contributed by atoms with van der Waals surface area (Å²) in [4.78, 5) is 17.6. The number of unbranched alkanes of at least 4 members (excludes halogenated alkanes) is 1. The van der Waals surface area contributed by atoms with E-state index in [4.69, 9.17) is 4.74 Å². The lowest BCUT2D eigenvalue weighted by Gasteiger charge is -2.05. The van der Waals surface area contributed by atoms with Crippen molar-refractivity contribution < 1.29 is 9.53 Å². The van der Waals surface area contributed by atoms with Crippen molar-refractivity contribution in [2.24, 2.45) is 12.0 Å². The lowest BCUT2D eigenvalue weighted by Crippen LogP contribution is -2.13. The van der Waals surface area contributed by atoms with Crippen molar-refractivity contribution in [3.63, 3.8) is 0 Å². The van der Waals surface area contributed by atoms with E-state index in [1.54, 1.807) is 23.5 Å². The van der Waals surface area contributed by atoms with Crippen LogP contribution in [-0.4, -0.2) is 17.1 Å². The zero-order valence-electron chi connectivity index (χ0n) is 15.7. The standard InChI is InChI=1S/C21H24N2O2S/c1-5-6-11-25-17-9-7-16(8-10-17)20(24)22-21-23(4)19-15(3)12-14(2)13-18(19)26-21/h7-10,12-13H,5-6,11H2,1-4H3. The van der Waals surface area contributed by atoms with Crippen molar-refractivity contribution >= 4 is 27.5 Å². The molecule has 0 aliphatic carbocycles. The fourth-order valence-corrected chi connectivity index (χ4v) is 4.16. The third kappa shape index (κ3) is 3.88. The lowest BCUT2D eigenvalue weighted by atomic mass is 10.1. The molecule has 0 N–H and O–H groups in total. The molecule has 1 heterocycles. The number of aromatic nitrogens is 1. The number of carbonyl (C=O) groups is 1. The Kier molecular flexibility index (Phi) is 5.57. The van der Waals surface area contributed by atoms with Crippen LogP contribution >= 0.6 is 11.3 Å². The van der Waals surface area contributed by atoms with E-state index >= 15 is 0 Å². The molecule has 0 saturated carbocycles. The first-order valence-corrected chi connectivity index (χ1v) is 9.70. The second-order valence-corrected chi connectivity index (χ2v) is 7.52. The van der Waals surface area contributed by atoms with Gasteiger partial charge in [0.15, 0.2) is 4.80 Å². The fraction of sp³-hybridized carbons (Fsp3) is 0.333. The average molecular weight is 369 g/mol. The highest BCUT2D eigenvalue weighted by Crippen LogP contribution is 2.22. The molecule has 0 atom stereocenters. The molecule has 1 aromatic heterocycles. The molecule has 5 heteroatoms. The zero-order valence-corrected chi connectivity index (χ0v) is 16.5. The van der Waals surface area contributed by atoms with Gasteiger partial charge in [-0.15, -0.1) is 0 Å². The summed E-state index contributed by atoms with van der Waals surface area (Å²) in [6, 6.07) is 11.5. The summed E-state index contributed by atoms with van der Waals surface area (Å²) < 4.78 is 8.78. The lowest BCUT2D eigenvalue weighted by molar-refractivity contribution is 0.0998. The van der Waals surface area contributed by atoms with Gasteiger partial charge in [0.05, 0.1) is 16.8 Å². The Hall–Kier alpha value is -2.40. The van der Waals surface area contributed by atoms with Crippen LogP contribution in [0.4, 0.5) is 0 Å². The number of hydrogen-bond acceptors (Lipinski definition) is 3. The summed E-state index contributed by atoms with van der Waals surface area (Å²) in [7, 11) is 1.96. The molecule has 3 aromatic rings. The van der Waals surface area contributed by atoms with Gasteiger partial charge in [0, 0.05) is 12.6 Å². The molecule has 3 rings (SSSR count). The Morgan fingerprint density at radius 2 is 1.92 bits per heavy atom. The van der Waals surface area contributed by atoms with E-state index in [-0.39, 0.29) is 5.91 Å². The SMILES string of the molecule is CCCCOc1ccc(C(=O)N=c2sc3cc(C)cc(C)c3n2C)cc1. The Labute approximate surface area is 157 Å². The van der Waals surface area contributed by atoms with Gasteiger partial charge in [-0.25, -0.2) is 0 Å². The van der Waals surface area contributed by atoms with Crippen LogP contribution in [0.1, 0.15) is 41.3 Å². The van der Waals surface area contributed by atoms with Crippen LogP contribution in [0.5, 0.6) is 5.75 Å². The number of fused-ring (bicyclic) bond motifs is 1. The molecule has 4 nitrogen and oxygen atoms in total. The average Bonchev–Trinajstić information content (AvgIpc) is 2.91. The van der Waals surface area contributed by atoms with Crippen molar-refractivity contribution in [1.29, 1.82) is 0 Å². The van der Waals surface area contributed by atoms with E-state index in [0.29, 0.717) is 17.0 Å². The molecule has 0 fully saturated rings. The molecule has 0 aliphatic rings. The maximum absolute atomic E-state index is 12.6. The Balaban J connectivity index is 1.88. The second kappa shape index (κ2) is 7.87. The van der Waals surface area contributed by atoms with Gasteiger partial charge in [-0.05, 0) is 61.7 Å². The monoisotopic (exact) mass is 368 g/mol. The van der Waals surface area contributed by atoms with E-state index in [2.05, 4.69) is 37.9 Å². The van der Waals surface area contributed by atoms with Crippen LogP contribution in [0.25, 0.3) is 10.2 Å². The molecule has 26 heavy (non-hydrogen) atoms. The number of ether oxygens (including phenoxy) is 1. The first-order chi connectivity index (χ1) is 12.5. The van der Waals surface area contributed by atoms with Gasteiger partial charge in [0.2, 0.25) is 0 Å². The number of rotatable bonds is 5. The quantitative estimate of drug-likeness (QED) is 0.609. The number of carbonyl (C=O) groups excluding carboxylic acids is 1. The predicted octanol–water partition coefficient (Wildman–Crippen LogP) is 4.78. The summed E-state index contributed by atoms with van der Waals surface area (Å²) in [5.41, 5.74) is 4.11. The molecule has 0 unspecified atom stereocenters. The summed E-state index contributed by atoms with van der Waals surface area (Å²) in [6.07, 6.45) is 2.12. The van der Waals surface area contributed by atoms with Gasteiger partial charge in [-0.2, -0.15) is 4.99 Å². The molecule has 0 bridgehead atoms. The van der Waals surface area contributed by atoms with Crippen molar-refractivity contribution in [3.05, 3.63) is 57.9 Å². The Morgan fingerprint density at radius 1 is 1.19 bits per heavy atom. The summed E-state index contributed by atoms with van der Waals surface area (Å²) in [6.45, 7) is 7.00. The Bertz CT molecular complexity index is 997. The van der Waals surface area contributed by atoms with Gasteiger partial charge < -0.3 is 9.30 Å². The molecule has 0 saturated heterocycles. The third-order valence-electron chi connectivity index (χ3n) is 4.30. The highest BCUT2D eigenvalue weighted by Gasteiger charge is 2.09. The first kappa shape index (κ1) is 18.4. The fourth-order valence-electron chi connectivity index (χ4n) is 2.97. The number of aryl methyl sites for hydroxylation is 3. The predicted molar refractivity (Wildman–Crippen MR) is 107 cm³/mol. The van der Waals surface area contributed by atoms with E-state index in [1.807, 2.05) is 23.7 Å². The number of benzene rings is 2. The molecule has 0 aliphatic heterocycles. The zero-order chi connectivity index (χ0) is 18.7. The molecule has 0 spiro atoms. The van der Waals surface area contributed by atoms with Crippen LogP contribution in [0.3, 0.4) is 0 Å². The van der Waals surface area contributed by atoms with Gasteiger partial charge in [0.1, 0.15) is 5.75 Å². The number of hydrogen-bond donors (Lipinski definition) is 0. The largest absolute Gasteiger partial charge is 0.494 e. The van der Waals surface area contributed by atoms with Crippen LogP contribution in [-0.2, 0) is 7.05 Å². The van der Waals surface area contributed by atoms with E-state index < -0.39 is 0 Å². The highest BCUT2D eigenvalue weighted by atomic mass is 32.1. The smallest absolute Gasteiger partial charge is 0.279 e. The maximum atomic E-state index is 12.6. The third-order valence-corrected chi connectivity index (χ3v) is 5.38. The number of thiazole rings is 1. The molecular formula is C21H24N2O2S. The second-order valence-electron chi connectivity index (χ2n) is 6.52. The van der Waals surface area contributed by atoms with E-state index in [9.17, 15) is 4.79 Å². The maximum Gasteiger partial charge on any atom is 0.279 e. The molecular weight excluding hydrogens is 344 g/mol. The molecule has 2 aromatic carbocycles. The summed E-state index contributed by atoms with van der Waals surface area (Å²) in [5, 5.41) is 0. The Morgan fingerprint density at radius 3 is 2.62 bits per heavy atom. The van der Waals surface area contributed by atoms with E-state index in [1.165, 1.54) is 11.1 Å². The van der Waals surface area contributed by atoms with Gasteiger partial charge in [-0.3, -0.25) is 4.79 Å². The van der Waals surface area contributed by atoms with Gasteiger partial charge in [0.25, 0.3) is 5.91 Å². The van der Waals surface area contributed by atoms with Crippen LogP contribution < -0.4 is 9.54 Å². The van der Waals surface area contributed by atoms with E-state index in [0.717, 1.165) is 28.8 Å². The van der Waals surface area contributed by atoms with Crippen molar-refractivity contribution in [2.75, 3.05) is 6.61 Å². The molecule has 1 amide bonds. The minimum Gasteiger partial charge on any atom is -0.494 e. The normalized spacial score (nSPS) is 11.9. The minimum atomic E-state index is -0.235. The van der Waals surface area contributed by atoms with Crippen molar-refractivity contribution in [3.8, 4) is 5.75 Å². The highest BCUT2D eigenvalue weighted by molar-refractivity contribution is 7.16.